The summed E-state index contributed by atoms with van der Waals surface area (Å²) >= 11 is 0. The van der Waals surface area contributed by atoms with E-state index < -0.39 is 0 Å². The molecule has 0 saturated carbocycles. The molecular weight excluding hydrogens is 332 g/mol. The molecule has 0 bridgehead atoms. The first-order chi connectivity index (χ1) is 12.7. The van der Waals surface area contributed by atoms with Gasteiger partial charge in [-0.25, -0.2) is 0 Å². The summed E-state index contributed by atoms with van der Waals surface area (Å²) in [5.41, 5.74) is 2.15. The maximum absolute atomic E-state index is 12.3. The minimum atomic E-state index is -0.313. The normalized spacial score (nSPS) is 12.6. The van der Waals surface area contributed by atoms with E-state index in [0.717, 1.165) is 5.56 Å². The van der Waals surface area contributed by atoms with Crippen LogP contribution in [-0.4, -0.2) is 25.2 Å². The van der Waals surface area contributed by atoms with Gasteiger partial charge in [-0.3, -0.25) is 9.59 Å². The van der Waals surface area contributed by atoms with Gasteiger partial charge in [-0.15, -0.1) is 0 Å². The lowest BCUT2D eigenvalue weighted by atomic mass is 10.1. The van der Waals surface area contributed by atoms with Crippen molar-refractivity contribution in [3.8, 4) is 11.5 Å². The van der Waals surface area contributed by atoms with Crippen molar-refractivity contribution in [1.29, 1.82) is 0 Å². The highest BCUT2D eigenvalue weighted by Crippen LogP contribution is 2.34. The number of rotatable bonds is 6. The lowest BCUT2D eigenvalue weighted by Gasteiger charge is -2.09. The fourth-order valence-electron chi connectivity index (χ4n) is 2.53. The molecule has 0 unspecified atom stereocenters. The van der Waals surface area contributed by atoms with Crippen molar-refractivity contribution in [2.24, 2.45) is 0 Å². The number of carbonyl (C=O) groups excluding carboxylic acids is 2. The van der Waals surface area contributed by atoms with E-state index >= 15 is 0 Å². The summed E-state index contributed by atoms with van der Waals surface area (Å²) < 4.78 is 10.5. The number of hydrogen-bond donors (Lipinski definition) is 2. The van der Waals surface area contributed by atoms with E-state index in [1.54, 1.807) is 18.2 Å². The van der Waals surface area contributed by atoms with Crippen molar-refractivity contribution in [3.05, 3.63) is 59.7 Å². The van der Waals surface area contributed by atoms with Crippen molar-refractivity contribution in [2.45, 2.75) is 13.3 Å². The molecular formula is C20H20N2O4. The summed E-state index contributed by atoms with van der Waals surface area (Å²) in [5.74, 6) is 0.672. The molecule has 2 amide bonds. The lowest BCUT2D eigenvalue weighted by molar-refractivity contribution is -0.121. The molecule has 0 aromatic heterocycles. The van der Waals surface area contributed by atoms with E-state index in [-0.39, 0.29) is 25.2 Å². The molecule has 2 aromatic carbocycles. The van der Waals surface area contributed by atoms with Gasteiger partial charge in [-0.1, -0.05) is 37.3 Å². The SMILES string of the molecule is CC/C(=C\c1ccccc1)C(=O)NCC(=O)Nc1ccc2c(c1)OCO2. The fourth-order valence-corrected chi connectivity index (χ4v) is 2.53. The van der Waals surface area contributed by atoms with Gasteiger partial charge in [-0.05, 0) is 30.2 Å². The minimum absolute atomic E-state index is 0.112. The van der Waals surface area contributed by atoms with Crippen LogP contribution in [0.4, 0.5) is 5.69 Å². The Morgan fingerprint density at radius 2 is 1.85 bits per heavy atom. The average Bonchev–Trinajstić information content (AvgIpc) is 3.13. The molecule has 2 N–H and O–H groups in total. The molecule has 0 fully saturated rings. The highest BCUT2D eigenvalue weighted by molar-refractivity contribution is 6.01. The van der Waals surface area contributed by atoms with E-state index in [1.807, 2.05) is 43.3 Å². The van der Waals surface area contributed by atoms with E-state index in [0.29, 0.717) is 29.2 Å². The maximum atomic E-state index is 12.3. The lowest BCUT2D eigenvalue weighted by Crippen LogP contribution is -2.33. The zero-order valence-corrected chi connectivity index (χ0v) is 14.5. The standard InChI is InChI=1S/C20H20N2O4/c1-2-15(10-14-6-4-3-5-7-14)20(24)21-12-19(23)22-16-8-9-17-18(11-16)26-13-25-17/h3-11H,2,12-13H2,1H3,(H,21,24)(H,22,23)/b15-10+. The number of ether oxygens (including phenoxy) is 2. The van der Waals surface area contributed by atoms with Gasteiger partial charge >= 0.3 is 0 Å². The molecule has 0 spiro atoms. The Kier molecular flexibility index (Phi) is 5.53. The second-order valence-electron chi connectivity index (χ2n) is 5.73. The van der Waals surface area contributed by atoms with Crippen LogP contribution >= 0.6 is 0 Å². The zero-order chi connectivity index (χ0) is 18.4. The van der Waals surface area contributed by atoms with E-state index in [1.165, 1.54) is 0 Å². The summed E-state index contributed by atoms with van der Waals surface area (Å²) in [6, 6.07) is 14.7. The monoisotopic (exact) mass is 352 g/mol. The van der Waals surface area contributed by atoms with Gasteiger partial charge in [0.25, 0.3) is 0 Å². The Bertz CT molecular complexity index is 831. The Morgan fingerprint density at radius 1 is 1.08 bits per heavy atom. The summed E-state index contributed by atoms with van der Waals surface area (Å²) in [6.45, 7) is 1.97. The Labute approximate surface area is 151 Å². The predicted octanol–water partition coefficient (Wildman–Crippen LogP) is 2.96. The second kappa shape index (κ2) is 8.20. The van der Waals surface area contributed by atoms with Gasteiger partial charge in [0.15, 0.2) is 11.5 Å². The second-order valence-corrected chi connectivity index (χ2v) is 5.73. The van der Waals surface area contributed by atoms with Gasteiger partial charge in [0.1, 0.15) is 0 Å². The van der Waals surface area contributed by atoms with Crippen molar-refractivity contribution in [3.63, 3.8) is 0 Å². The number of fused-ring (bicyclic) bond motifs is 1. The molecule has 1 aliphatic rings. The van der Waals surface area contributed by atoms with Crippen LogP contribution in [0.2, 0.25) is 0 Å². The third-order valence-corrected chi connectivity index (χ3v) is 3.88. The van der Waals surface area contributed by atoms with Gasteiger partial charge in [-0.2, -0.15) is 0 Å². The fraction of sp³-hybridized carbons (Fsp3) is 0.200. The van der Waals surface area contributed by atoms with Crippen LogP contribution in [0.3, 0.4) is 0 Å². The molecule has 1 aliphatic heterocycles. The van der Waals surface area contributed by atoms with Crippen LogP contribution in [0, 0.1) is 0 Å². The first-order valence-electron chi connectivity index (χ1n) is 8.39. The molecule has 134 valence electrons. The highest BCUT2D eigenvalue weighted by Gasteiger charge is 2.15. The summed E-state index contributed by atoms with van der Waals surface area (Å²) in [5, 5.41) is 5.38. The van der Waals surface area contributed by atoms with Gasteiger partial charge < -0.3 is 20.1 Å². The number of amides is 2. The number of nitrogens with one attached hydrogen (secondary N) is 2. The number of carbonyl (C=O) groups is 2. The molecule has 0 radical (unpaired) electrons. The highest BCUT2D eigenvalue weighted by atomic mass is 16.7. The minimum Gasteiger partial charge on any atom is -0.454 e. The molecule has 0 atom stereocenters. The number of anilines is 1. The van der Waals surface area contributed by atoms with E-state index in [9.17, 15) is 9.59 Å². The van der Waals surface area contributed by atoms with Crippen LogP contribution < -0.4 is 20.1 Å². The Hall–Kier alpha value is -3.28. The van der Waals surface area contributed by atoms with Gasteiger partial charge in [0.05, 0.1) is 6.54 Å². The molecule has 0 aliphatic carbocycles. The van der Waals surface area contributed by atoms with Crippen molar-refractivity contribution >= 4 is 23.6 Å². The molecule has 2 aromatic rings. The summed E-state index contributed by atoms with van der Waals surface area (Å²) in [6.07, 6.45) is 2.40. The van der Waals surface area contributed by atoms with E-state index in [4.69, 9.17) is 9.47 Å². The molecule has 26 heavy (non-hydrogen) atoms. The first kappa shape index (κ1) is 17.5. The van der Waals surface area contributed by atoms with Crippen LogP contribution in [0.1, 0.15) is 18.9 Å². The van der Waals surface area contributed by atoms with Gasteiger partial charge in [0, 0.05) is 17.3 Å². The third kappa shape index (κ3) is 4.42. The Morgan fingerprint density at radius 3 is 2.62 bits per heavy atom. The van der Waals surface area contributed by atoms with Crippen LogP contribution in [0.5, 0.6) is 11.5 Å². The maximum Gasteiger partial charge on any atom is 0.247 e. The Balaban J connectivity index is 1.55. The van der Waals surface area contributed by atoms with Crippen molar-refractivity contribution < 1.29 is 19.1 Å². The number of hydrogen-bond acceptors (Lipinski definition) is 4. The van der Waals surface area contributed by atoms with E-state index in [2.05, 4.69) is 10.6 Å². The first-order valence-corrected chi connectivity index (χ1v) is 8.39. The quantitative estimate of drug-likeness (QED) is 0.784. The molecule has 3 rings (SSSR count). The van der Waals surface area contributed by atoms with Crippen molar-refractivity contribution in [1.82, 2.24) is 5.32 Å². The molecule has 0 saturated heterocycles. The third-order valence-electron chi connectivity index (χ3n) is 3.88. The average molecular weight is 352 g/mol. The largest absolute Gasteiger partial charge is 0.454 e. The van der Waals surface area contributed by atoms with Crippen LogP contribution in [-0.2, 0) is 9.59 Å². The smallest absolute Gasteiger partial charge is 0.247 e. The van der Waals surface area contributed by atoms with Crippen molar-refractivity contribution in [2.75, 3.05) is 18.7 Å². The summed E-state index contributed by atoms with van der Waals surface area (Å²) in [4.78, 5) is 24.4. The van der Waals surface area contributed by atoms with Crippen LogP contribution in [0.25, 0.3) is 6.08 Å². The topological polar surface area (TPSA) is 76.7 Å². The zero-order valence-electron chi connectivity index (χ0n) is 14.5. The number of benzene rings is 2. The molecule has 6 nitrogen and oxygen atoms in total. The molecule has 6 heteroatoms. The molecule has 1 heterocycles. The van der Waals surface area contributed by atoms with Crippen LogP contribution in [0.15, 0.2) is 54.1 Å². The summed E-state index contributed by atoms with van der Waals surface area (Å²) in [7, 11) is 0. The van der Waals surface area contributed by atoms with Gasteiger partial charge in [0.2, 0.25) is 18.6 Å². The predicted molar refractivity (Wildman–Crippen MR) is 98.9 cm³/mol.